The molecule has 2 amide bonds. The number of aryl methyl sites for hydroxylation is 1. The van der Waals surface area contributed by atoms with Crippen molar-refractivity contribution in [2.24, 2.45) is 5.41 Å². The highest BCUT2D eigenvalue weighted by molar-refractivity contribution is 7.80. The van der Waals surface area contributed by atoms with E-state index >= 15 is 0 Å². The van der Waals surface area contributed by atoms with E-state index in [0.717, 1.165) is 11.3 Å². The van der Waals surface area contributed by atoms with Crippen molar-refractivity contribution in [3.8, 4) is 0 Å². The maximum Gasteiger partial charge on any atom is 0.231 e. The fraction of sp³-hybridized carbons (Fsp3) is 0.286. The third-order valence-electron chi connectivity index (χ3n) is 3.82. The number of thiocarbonyl (C=S) groups is 1. The summed E-state index contributed by atoms with van der Waals surface area (Å²) in [6, 6.07) is 17.1. The van der Waals surface area contributed by atoms with Gasteiger partial charge in [-0.15, -0.1) is 0 Å². The van der Waals surface area contributed by atoms with Crippen LogP contribution in [0.25, 0.3) is 0 Å². The van der Waals surface area contributed by atoms with E-state index in [2.05, 4.69) is 16.0 Å². The molecule has 6 heteroatoms. The molecule has 5 nitrogen and oxygen atoms in total. The highest BCUT2D eigenvalue weighted by Gasteiger charge is 2.21. The molecule has 3 N–H and O–H groups in total. The Morgan fingerprint density at radius 3 is 2.00 bits per heavy atom. The quantitative estimate of drug-likeness (QED) is 0.680. The minimum atomic E-state index is -0.514. The van der Waals surface area contributed by atoms with E-state index in [-0.39, 0.29) is 16.9 Å². The predicted molar refractivity (Wildman–Crippen MR) is 114 cm³/mol. The summed E-state index contributed by atoms with van der Waals surface area (Å²) in [6.45, 7) is 5.46. The summed E-state index contributed by atoms with van der Waals surface area (Å²) in [7, 11) is 0. The Hall–Kier alpha value is -2.73. The van der Waals surface area contributed by atoms with Crippen LogP contribution in [0.4, 0.5) is 11.4 Å². The van der Waals surface area contributed by atoms with E-state index in [0.29, 0.717) is 18.5 Å². The van der Waals surface area contributed by atoms with Crippen molar-refractivity contribution in [1.29, 1.82) is 0 Å². The Morgan fingerprint density at radius 1 is 0.889 bits per heavy atom. The average Bonchev–Trinajstić information content (AvgIpc) is 2.61. The van der Waals surface area contributed by atoms with Crippen LogP contribution in [0.15, 0.2) is 54.6 Å². The Bertz CT molecular complexity index is 796. The number of carbonyl (C=O) groups excluding carboxylic acids is 2. The largest absolute Gasteiger partial charge is 0.332 e. The van der Waals surface area contributed by atoms with Crippen LogP contribution in [0.3, 0.4) is 0 Å². The molecule has 0 spiro atoms. The van der Waals surface area contributed by atoms with Gasteiger partial charge in [-0.05, 0) is 48.5 Å². The van der Waals surface area contributed by atoms with Crippen molar-refractivity contribution in [3.63, 3.8) is 0 Å². The van der Waals surface area contributed by atoms with Gasteiger partial charge < -0.3 is 16.0 Å². The Kier molecular flexibility index (Phi) is 7.07. The summed E-state index contributed by atoms with van der Waals surface area (Å²) in [5.41, 5.74) is 2.07. The van der Waals surface area contributed by atoms with Gasteiger partial charge in [0.15, 0.2) is 5.11 Å². The molecule has 0 unspecified atom stereocenters. The molecule has 2 aromatic carbocycles. The second-order valence-corrected chi connectivity index (χ2v) is 7.68. The van der Waals surface area contributed by atoms with Crippen LogP contribution in [0.5, 0.6) is 0 Å². The van der Waals surface area contributed by atoms with Gasteiger partial charge >= 0.3 is 0 Å². The highest BCUT2D eigenvalue weighted by atomic mass is 32.1. The third-order valence-corrected chi connectivity index (χ3v) is 4.02. The molecule has 2 rings (SSSR count). The van der Waals surface area contributed by atoms with Crippen molar-refractivity contribution in [3.05, 3.63) is 60.2 Å². The molecule has 2 aromatic rings. The maximum absolute atomic E-state index is 12.1. The number of amides is 2. The molecule has 0 saturated heterocycles. The monoisotopic (exact) mass is 383 g/mol. The van der Waals surface area contributed by atoms with Gasteiger partial charge in [0.05, 0.1) is 0 Å². The Balaban J connectivity index is 1.81. The number of rotatable bonds is 5. The number of carbonyl (C=O) groups is 2. The molecule has 0 atom stereocenters. The first-order chi connectivity index (χ1) is 12.7. The van der Waals surface area contributed by atoms with Crippen molar-refractivity contribution >= 4 is 40.5 Å². The second kappa shape index (κ2) is 9.28. The van der Waals surface area contributed by atoms with E-state index in [9.17, 15) is 9.59 Å². The summed E-state index contributed by atoms with van der Waals surface area (Å²) in [6.07, 6.45) is 1.13. The molecule has 0 aliphatic heterocycles. The zero-order valence-electron chi connectivity index (χ0n) is 15.8. The van der Waals surface area contributed by atoms with Crippen molar-refractivity contribution in [2.45, 2.75) is 33.6 Å². The van der Waals surface area contributed by atoms with Gasteiger partial charge in [-0.1, -0.05) is 51.1 Å². The fourth-order valence-electron chi connectivity index (χ4n) is 2.22. The predicted octanol–water partition coefficient (Wildman–Crippen LogP) is 4.12. The molecule has 0 radical (unpaired) electrons. The lowest BCUT2D eigenvalue weighted by Crippen LogP contribution is -2.41. The van der Waals surface area contributed by atoms with Gasteiger partial charge in [0.2, 0.25) is 11.8 Å². The van der Waals surface area contributed by atoms with Gasteiger partial charge in [0, 0.05) is 23.2 Å². The molecule has 27 heavy (non-hydrogen) atoms. The smallest absolute Gasteiger partial charge is 0.231 e. The summed E-state index contributed by atoms with van der Waals surface area (Å²) in [5, 5.41) is 8.74. The van der Waals surface area contributed by atoms with E-state index in [1.165, 1.54) is 0 Å². The minimum Gasteiger partial charge on any atom is -0.332 e. The van der Waals surface area contributed by atoms with E-state index in [1.54, 1.807) is 24.3 Å². The topological polar surface area (TPSA) is 70.2 Å². The number of anilines is 2. The normalized spacial score (nSPS) is 10.8. The SMILES string of the molecule is CC(C)(C)C(=O)NC(=S)Nc1ccc(NC(=O)CCc2ccccc2)cc1. The zero-order chi connectivity index (χ0) is 19.9. The summed E-state index contributed by atoms with van der Waals surface area (Å²) in [4.78, 5) is 24.0. The van der Waals surface area contributed by atoms with Crippen LogP contribution >= 0.6 is 12.2 Å². The van der Waals surface area contributed by atoms with Crippen LogP contribution in [-0.4, -0.2) is 16.9 Å². The van der Waals surface area contributed by atoms with Crippen LogP contribution in [0, 0.1) is 5.41 Å². The van der Waals surface area contributed by atoms with E-state index in [4.69, 9.17) is 12.2 Å². The van der Waals surface area contributed by atoms with Crippen LogP contribution < -0.4 is 16.0 Å². The molecule has 0 fully saturated rings. The molecular formula is C21H25N3O2S. The average molecular weight is 384 g/mol. The number of benzene rings is 2. The molecule has 0 heterocycles. The summed E-state index contributed by atoms with van der Waals surface area (Å²) < 4.78 is 0. The second-order valence-electron chi connectivity index (χ2n) is 7.27. The standard InChI is InChI=1S/C21H25N3O2S/c1-21(2,3)19(26)24-20(27)23-17-12-10-16(11-13-17)22-18(25)14-9-15-7-5-4-6-8-15/h4-8,10-13H,9,14H2,1-3H3,(H,22,25)(H2,23,24,26,27). The van der Waals surface area contributed by atoms with Crippen LogP contribution in [0.2, 0.25) is 0 Å². The number of hydrogen-bond acceptors (Lipinski definition) is 3. The lowest BCUT2D eigenvalue weighted by atomic mass is 9.96. The summed E-state index contributed by atoms with van der Waals surface area (Å²) in [5.74, 6) is -0.185. The summed E-state index contributed by atoms with van der Waals surface area (Å²) >= 11 is 5.15. The molecular weight excluding hydrogens is 358 g/mol. The Labute approximate surface area is 165 Å². The molecule has 0 saturated carbocycles. The van der Waals surface area contributed by atoms with Gasteiger partial charge in [0.1, 0.15) is 0 Å². The first-order valence-corrected chi connectivity index (χ1v) is 9.21. The lowest BCUT2D eigenvalue weighted by Gasteiger charge is -2.18. The maximum atomic E-state index is 12.1. The van der Waals surface area contributed by atoms with Crippen LogP contribution in [-0.2, 0) is 16.0 Å². The van der Waals surface area contributed by atoms with Gasteiger partial charge in [0.25, 0.3) is 0 Å². The van der Waals surface area contributed by atoms with E-state index in [1.807, 2.05) is 51.1 Å². The fourth-order valence-corrected chi connectivity index (χ4v) is 2.43. The molecule has 0 bridgehead atoms. The Morgan fingerprint density at radius 2 is 1.44 bits per heavy atom. The first-order valence-electron chi connectivity index (χ1n) is 8.80. The molecule has 142 valence electrons. The van der Waals surface area contributed by atoms with Gasteiger partial charge in [-0.2, -0.15) is 0 Å². The van der Waals surface area contributed by atoms with E-state index < -0.39 is 5.41 Å². The number of nitrogens with one attached hydrogen (secondary N) is 3. The highest BCUT2D eigenvalue weighted by Crippen LogP contribution is 2.15. The van der Waals surface area contributed by atoms with Crippen molar-refractivity contribution in [2.75, 3.05) is 10.6 Å². The van der Waals surface area contributed by atoms with Gasteiger partial charge in [-0.3, -0.25) is 9.59 Å². The minimum absolute atomic E-state index is 0.0347. The lowest BCUT2D eigenvalue weighted by molar-refractivity contribution is -0.126. The van der Waals surface area contributed by atoms with Crippen molar-refractivity contribution in [1.82, 2.24) is 5.32 Å². The van der Waals surface area contributed by atoms with Crippen LogP contribution in [0.1, 0.15) is 32.8 Å². The molecule has 0 aromatic heterocycles. The first kappa shape index (κ1) is 20.6. The zero-order valence-corrected chi connectivity index (χ0v) is 16.7. The third kappa shape index (κ3) is 7.19. The molecule has 0 aliphatic rings. The van der Waals surface area contributed by atoms with Gasteiger partial charge in [-0.25, -0.2) is 0 Å². The van der Waals surface area contributed by atoms with Crippen molar-refractivity contribution < 1.29 is 9.59 Å². The molecule has 0 aliphatic carbocycles. The number of hydrogen-bond donors (Lipinski definition) is 3.